The van der Waals surface area contributed by atoms with Crippen LogP contribution in [0, 0.1) is 5.92 Å². The van der Waals surface area contributed by atoms with Gasteiger partial charge in [0.25, 0.3) is 5.91 Å². The highest BCUT2D eigenvalue weighted by molar-refractivity contribution is 9.10. The van der Waals surface area contributed by atoms with E-state index in [0.29, 0.717) is 12.3 Å². The van der Waals surface area contributed by atoms with Gasteiger partial charge in [-0.1, -0.05) is 30.3 Å². The van der Waals surface area contributed by atoms with Gasteiger partial charge in [0.15, 0.2) is 0 Å². The van der Waals surface area contributed by atoms with Crippen LogP contribution in [-0.2, 0) is 9.59 Å². The van der Waals surface area contributed by atoms with Gasteiger partial charge in [0.05, 0.1) is 17.8 Å². The first-order valence-electron chi connectivity index (χ1n) is 8.09. The number of amides is 2. The van der Waals surface area contributed by atoms with Crippen molar-refractivity contribution in [1.82, 2.24) is 10.7 Å². The lowest BCUT2D eigenvalue weighted by molar-refractivity contribution is -0.133. The van der Waals surface area contributed by atoms with Gasteiger partial charge in [-0.3, -0.25) is 9.59 Å². The monoisotopic (exact) mass is 415 g/mol. The number of hydrogen-bond donors (Lipinski definition) is 2. The van der Waals surface area contributed by atoms with E-state index in [4.69, 9.17) is 4.74 Å². The standard InChI is InChI=1S/C19H18BrN3O3/c1-26-16-8-7-12(9-15(16)20)10-22-23-19(25)17-14(11-21-18(17)24)13-5-3-2-4-6-13/h2-10,14,17H,11H2,1H3,(H,21,24)(H,23,25)/b22-10+/t14-,17-/m1/s1. The molecule has 2 atom stereocenters. The molecular formula is C19H18BrN3O3. The molecule has 0 unspecified atom stereocenters. The number of ether oxygens (including phenoxy) is 1. The van der Waals surface area contributed by atoms with Crippen molar-refractivity contribution in [2.75, 3.05) is 13.7 Å². The largest absolute Gasteiger partial charge is 0.496 e. The highest BCUT2D eigenvalue weighted by Gasteiger charge is 2.40. The molecule has 1 aliphatic rings. The molecule has 0 bridgehead atoms. The molecule has 1 aliphatic heterocycles. The van der Waals surface area contributed by atoms with Crippen molar-refractivity contribution < 1.29 is 14.3 Å². The lowest BCUT2D eigenvalue weighted by atomic mass is 9.88. The number of hydrazone groups is 1. The molecule has 134 valence electrons. The normalized spacial score (nSPS) is 19.4. The molecule has 2 aromatic carbocycles. The fourth-order valence-electron chi connectivity index (χ4n) is 2.94. The molecule has 2 amide bonds. The molecule has 26 heavy (non-hydrogen) atoms. The number of halogens is 1. The molecule has 0 spiro atoms. The second-order valence-electron chi connectivity index (χ2n) is 5.87. The molecule has 0 saturated carbocycles. The van der Waals surface area contributed by atoms with Crippen LogP contribution < -0.4 is 15.5 Å². The Labute approximate surface area is 159 Å². The summed E-state index contributed by atoms with van der Waals surface area (Å²) in [6.07, 6.45) is 1.52. The minimum absolute atomic E-state index is 0.200. The van der Waals surface area contributed by atoms with E-state index in [-0.39, 0.29) is 11.8 Å². The molecule has 0 aromatic heterocycles. The highest BCUT2D eigenvalue weighted by Crippen LogP contribution is 2.29. The minimum Gasteiger partial charge on any atom is -0.496 e. The van der Waals surface area contributed by atoms with Gasteiger partial charge >= 0.3 is 0 Å². The first-order valence-corrected chi connectivity index (χ1v) is 8.88. The lowest BCUT2D eigenvalue weighted by Crippen LogP contribution is -2.34. The number of carbonyl (C=O) groups is 2. The summed E-state index contributed by atoms with van der Waals surface area (Å²) in [7, 11) is 1.59. The third kappa shape index (κ3) is 3.94. The SMILES string of the molecule is COc1ccc(/C=N/NC(=O)[C@H]2C(=O)NC[C@@H]2c2ccccc2)cc1Br. The zero-order valence-electron chi connectivity index (χ0n) is 14.1. The van der Waals surface area contributed by atoms with Gasteiger partial charge < -0.3 is 10.1 Å². The number of carbonyl (C=O) groups excluding carboxylic acids is 2. The van der Waals surface area contributed by atoms with Crippen molar-refractivity contribution in [1.29, 1.82) is 0 Å². The van der Waals surface area contributed by atoms with E-state index in [1.54, 1.807) is 13.2 Å². The molecule has 1 fully saturated rings. The summed E-state index contributed by atoms with van der Waals surface area (Å²) >= 11 is 3.40. The number of benzene rings is 2. The summed E-state index contributed by atoms with van der Waals surface area (Å²) in [5.74, 6) is -0.984. The van der Waals surface area contributed by atoms with E-state index in [9.17, 15) is 9.59 Å². The summed E-state index contributed by atoms with van der Waals surface area (Å²) in [6.45, 7) is 0.441. The smallest absolute Gasteiger partial charge is 0.253 e. The molecule has 1 saturated heterocycles. The Bertz CT molecular complexity index is 839. The van der Waals surface area contributed by atoms with Crippen molar-refractivity contribution in [2.45, 2.75) is 5.92 Å². The Morgan fingerprint density at radius 1 is 1.31 bits per heavy atom. The molecule has 1 heterocycles. The molecule has 3 rings (SSSR count). The first-order chi connectivity index (χ1) is 12.6. The van der Waals surface area contributed by atoms with Crippen molar-refractivity contribution in [3.63, 3.8) is 0 Å². The molecule has 7 heteroatoms. The maximum atomic E-state index is 12.5. The summed E-state index contributed by atoms with van der Waals surface area (Å²) in [6, 6.07) is 15.0. The fraction of sp³-hybridized carbons (Fsp3) is 0.211. The Hall–Kier alpha value is -2.67. The number of hydrogen-bond acceptors (Lipinski definition) is 4. The lowest BCUT2D eigenvalue weighted by Gasteiger charge is -2.15. The van der Waals surface area contributed by atoms with Crippen LogP contribution in [0.4, 0.5) is 0 Å². The molecule has 2 aromatic rings. The Morgan fingerprint density at radius 2 is 2.08 bits per heavy atom. The van der Waals surface area contributed by atoms with E-state index in [0.717, 1.165) is 15.6 Å². The average Bonchev–Trinajstić information content (AvgIpc) is 3.04. The second kappa shape index (κ2) is 8.14. The first kappa shape index (κ1) is 18.1. The summed E-state index contributed by atoms with van der Waals surface area (Å²) in [5, 5.41) is 6.73. The zero-order valence-corrected chi connectivity index (χ0v) is 15.7. The maximum Gasteiger partial charge on any atom is 0.253 e. The van der Waals surface area contributed by atoms with Crippen LogP contribution in [0.5, 0.6) is 5.75 Å². The van der Waals surface area contributed by atoms with Gasteiger partial charge in [0, 0.05) is 12.5 Å². The van der Waals surface area contributed by atoms with Crippen LogP contribution in [0.2, 0.25) is 0 Å². The third-order valence-electron chi connectivity index (χ3n) is 4.26. The number of rotatable bonds is 5. The van der Waals surface area contributed by atoms with Gasteiger partial charge in [0.2, 0.25) is 5.91 Å². The fourth-order valence-corrected chi connectivity index (χ4v) is 3.49. The van der Waals surface area contributed by atoms with Gasteiger partial charge in [-0.05, 0) is 45.3 Å². The van der Waals surface area contributed by atoms with Gasteiger partial charge in [-0.15, -0.1) is 0 Å². The van der Waals surface area contributed by atoms with Crippen LogP contribution >= 0.6 is 15.9 Å². The van der Waals surface area contributed by atoms with Crippen molar-refractivity contribution in [2.24, 2.45) is 11.0 Å². The zero-order chi connectivity index (χ0) is 18.5. The second-order valence-corrected chi connectivity index (χ2v) is 6.72. The highest BCUT2D eigenvalue weighted by atomic mass is 79.9. The molecule has 0 aliphatic carbocycles. The number of methoxy groups -OCH3 is 1. The van der Waals surface area contributed by atoms with Gasteiger partial charge in [-0.2, -0.15) is 5.10 Å². The van der Waals surface area contributed by atoms with Crippen LogP contribution in [0.3, 0.4) is 0 Å². The summed E-state index contributed by atoms with van der Waals surface area (Å²) < 4.78 is 5.96. The molecule has 6 nitrogen and oxygen atoms in total. The van der Waals surface area contributed by atoms with Crippen molar-refractivity contribution in [3.8, 4) is 5.75 Å². The minimum atomic E-state index is -0.794. The van der Waals surface area contributed by atoms with Crippen molar-refractivity contribution in [3.05, 3.63) is 64.1 Å². The summed E-state index contributed by atoms with van der Waals surface area (Å²) in [4.78, 5) is 24.6. The maximum absolute atomic E-state index is 12.5. The summed E-state index contributed by atoms with van der Waals surface area (Å²) in [5.41, 5.74) is 4.21. The van der Waals surface area contributed by atoms with E-state index in [2.05, 4.69) is 31.8 Å². The molecule has 2 N–H and O–H groups in total. The van der Waals surface area contributed by atoms with E-state index >= 15 is 0 Å². The van der Waals surface area contributed by atoms with Gasteiger partial charge in [0.1, 0.15) is 11.7 Å². The molecular weight excluding hydrogens is 398 g/mol. The van der Waals surface area contributed by atoms with E-state index in [1.165, 1.54) is 6.21 Å². The average molecular weight is 416 g/mol. The Balaban J connectivity index is 1.68. The quantitative estimate of drug-likeness (QED) is 0.447. The molecule has 0 radical (unpaired) electrons. The van der Waals surface area contributed by atoms with E-state index < -0.39 is 11.8 Å². The predicted octanol–water partition coefficient (Wildman–Crippen LogP) is 2.44. The van der Waals surface area contributed by atoms with Crippen LogP contribution in [0.15, 0.2) is 58.1 Å². The third-order valence-corrected chi connectivity index (χ3v) is 4.88. The topological polar surface area (TPSA) is 79.8 Å². The Morgan fingerprint density at radius 3 is 2.77 bits per heavy atom. The van der Waals surface area contributed by atoms with Crippen molar-refractivity contribution >= 4 is 34.0 Å². The van der Waals surface area contributed by atoms with Crippen LogP contribution in [-0.4, -0.2) is 31.7 Å². The van der Waals surface area contributed by atoms with E-state index in [1.807, 2.05) is 42.5 Å². The van der Waals surface area contributed by atoms with Gasteiger partial charge in [-0.25, -0.2) is 5.43 Å². The number of nitrogens with one attached hydrogen (secondary N) is 2. The van der Waals surface area contributed by atoms with Crippen LogP contribution in [0.1, 0.15) is 17.0 Å². The predicted molar refractivity (Wildman–Crippen MR) is 102 cm³/mol. The number of nitrogens with zero attached hydrogens (tertiary/aromatic N) is 1. The van der Waals surface area contributed by atoms with Crippen LogP contribution in [0.25, 0.3) is 0 Å². The Kier molecular flexibility index (Phi) is 5.68.